The quantitative estimate of drug-likeness (QED) is 0.546. The van der Waals surface area contributed by atoms with E-state index in [2.05, 4.69) is 37.8 Å². The zero-order chi connectivity index (χ0) is 9.40. The highest BCUT2D eigenvalue weighted by molar-refractivity contribution is 5.47. The molecule has 0 amide bonds. The van der Waals surface area contributed by atoms with E-state index in [1.165, 1.54) is 11.1 Å². The van der Waals surface area contributed by atoms with Crippen LogP contribution >= 0.6 is 0 Å². The molecule has 0 aliphatic heterocycles. The summed E-state index contributed by atoms with van der Waals surface area (Å²) in [6.07, 6.45) is 11.4. The monoisotopic (exact) mass is 162 g/mol. The topological polar surface area (TPSA) is 0 Å². The van der Waals surface area contributed by atoms with Crippen LogP contribution in [0.25, 0.3) is 0 Å². The Morgan fingerprint density at radius 1 is 1.42 bits per heavy atom. The van der Waals surface area contributed by atoms with Crippen molar-refractivity contribution in [2.45, 2.75) is 27.2 Å². The Morgan fingerprint density at radius 2 is 2.08 bits per heavy atom. The molecule has 1 aliphatic carbocycles. The molecule has 0 spiro atoms. The molecule has 66 valence electrons. The summed E-state index contributed by atoms with van der Waals surface area (Å²) in [5.41, 5.74) is 2.71. The van der Waals surface area contributed by atoms with E-state index in [9.17, 15) is 0 Å². The first-order chi connectivity index (χ1) is 5.88. The van der Waals surface area contributed by atoms with Crippen LogP contribution in [0.15, 0.2) is 48.1 Å². The average molecular weight is 162 g/mol. The van der Waals surface area contributed by atoms with Gasteiger partial charge in [-0.15, -0.1) is 0 Å². The van der Waals surface area contributed by atoms with E-state index in [4.69, 9.17) is 0 Å². The van der Waals surface area contributed by atoms with Crippen LogP contribution in [-0.4, -0.2) is 0 Å². The summed E-state index contributed by atoms with van der Waals surface area (Å²) in [7, 11) is 0. The number of hydrogen-bond donors (Lipinski definition) is 0. The Labute approximate surface area is 76.0 Å². The molecule has 0 bridgehead atoms. The predicted molar refractivity (Wildman–Crippen MR) is 57.1 cm³/mol. The number of hydrogen-bond acceptors (Lipinski definition) is 0. The van der Waals surface area contributed by atoms with Crippen molar-refractivity contribution >= 4 is 0 Å². The molecule has 0 heterocycles. The Morgan fingerprint density at radius 3 is 2.58 bits per heavy atom. The molecule has 1 aliphatic rings. The van der Waals surface area contributed by atoms with E-state index < -0.39 is 0 Å². The smallest absolute Gasteiger partial charge is 0.00883 e. The largest absolute Gasteiger partial charge is 0.0991 e. The van der Waals surface area contributed by atoms with Gasteiger partial charge in [0.2, 0.25) is 0 Å². The van der Waals surface area contributed by atoms with E-state index in [0.29, 0.717) is 0 Å². The first-order valence-electron chi connectivity index (χ1n) is 4.53. The standard InChI is InChI=1S/C10H12.C2H6/c1-3-6-10-8-5-7-9(10)4-2;1-2/h3-7H,1,8H2,2H3;1-2H3/b9-4-,10-6-;. The highest BCUT2D eigenvalue weighted by Crippen LogP contribution is 2.22. The Bertz CT molecular complexity index is 214. The number of allylic oxidation sites excluding steroid dienone is 7. The predicted octanol–water partition coefficient (Wildman–Crippen LogP) is 4.03. The van der Waals surface area contributed by atoms with Crippen LogP contribution in [-0.2, 0) is 0 Å². The Hall–Kier alpha value is -1.04. The Balaban J connectivity index is 0.000000561. The summed E-state index contributed by atoms with van der Waals surface area (Å²) in [5, 5.41) is 0. The van der Waals surface area contributed by atoms with E-state index in [1.807, 2.05) is 19.9 Å². The molecule has 0 N–H and O–H groups in total. The minimum Gasteiger partial charge on any atom is -0.0991 e. The normalized spacial score (nSPS) is 20.9. The molecular weight excluding hydrogens is 144 g/mol. The second-order valence-electron chi connectivity index (χ2n) is 2.28. The Kier molecular flexibility index (Phi) is 6.08. The lowest BCUT2D eigenvalue weighted by Crippen LogP contribution is -1.75. The molecule has 0 saturated heterocycles. The average Bonchev–Trinajstić information content (AvgIpc) is 2.56. The van der Waals surface area contributed by atoms with E-state index >= 15 is 0 Å². The molecule has 0 radical (unpaired) electrons. The van der Waals surface area contributed by atoms with Crippen LogP contribution < -0.4 is 0 Å². The van der Waals surface area contributed by atoms with Crippen molar-refractivity contribution in [1.29, 1.82) is 0 Å². The molecule has 0 atom stereocenters. The van der Waals surface area contributed by atoms with Crippen LogP contribution in [0.1, 0.15) is 27.2 Å². The first kappa shape index (κ1) is 11.0. The lowest BCUT2D eigenvalue weighted by molar-refractivity contribution is 1.31. The van der Waals surface area contributed by atoms with E-state index in [-0.39, 0.29) is 0 Å². The van der Waals surface area contributed by atoms with Crippen LogP contribution in [0.3, 0.4) is 0 Å². The molecule has 0 aromatic rings. The van der Waals surface area contributed by atoms with Gasteiger partial charge in [-0.3, -0.25) is 0 Å². The van der Waals surface area contributed by atoms with Crippen molar-refractivity contribution < 1.29 is 0 Å². The number of rotatable bonds is 1. The highest BCUT2D eigenvalue weighted by Gasteiger charge is 2.03. The maximum absolute atomic E-state index is 3.66. The third-order valence-electron chi connectivity index (χ3n) is 1.64. The molecule has 0 aromatic heterocycles. The van der Waals surface area contributed by atoms with E-state index in [1.54, 1.807) is 0 Å². The fourth-order valence-electron chi connectivity index (χ4n) is 1.13. The zero-order valence-electron chi connectivity index (χ0n) is 8.30. The maximum Gasteiger partial charge on any atom is -0.00883 e. The molecule has 1 rings (SSSR count). The molecule has 0 saturated carbocycles. The van der Waals surface area contributed by atoms with Gasteiger partial charge in [0.05, 0.1) is 0 Å². The van der Waals surface area contributed by atoms with Gasteiger partial charge in [-0.1, -0.05) is 50.8 Å². The summed E-state index contributed by atoms with van der Waals surface area (Å²) in [6, 6.07) is 0. The van der Waals surface area contributed by atoms with Crippen LogP contribution in [0.2, 0.25) is 0 Å². The molecular formula is C12H18. The minimum atomic E-state index is 1.06. The molecule has 12 heavy (non-hydrogen) atoms. The van der Waals surface area contributed by atoms with Gasteiger partial charge in [-0.25, -0.2) is 0 Å². The van der Waals surface area contributed by atoms with Crippen molar-refractivity contribution in [2.75, 3.05) is 0 Å². The second kappa shape index (κ2) is 6.66. The van der Waals surface area contributed by atoms with Crippen molar-refractivity contribution in [2.24, 2.45) is 0 Å². The van der Waals surface area contributed by atoms with Crippen molar-refractivity contribution in [3.63, 3.8) is 0 Å². The van der Waals surface area contributed by atoms with Gasteiger partial charge in [0.25, 0.3) is 0 Å². The SMILES string of the molecule is C=C/C=C1/CC=C/C1=C/C.CC. The third kappa shape index (κ3) is 2.91. The van der Waals surface area contributed by atoms with Crippen molar-refractivity contribution in [1.82, 2.24) is 0 Å². The molecule has 0 fully saturated rings. The highest BCUT2D eigenvalue weighted by atomic mass is 14.1. The van der Waals surface area contributed by atoms with Gasteiger partial charge in [-0.05, 0) is 24.5 Å². The van der Waals surface area contributed by atoms with Gasteiger partial charge in [0, 0.05) is 0 Å². The van der Waals surface area contributed by atoms with Crippen LogP contribution in [0, 0.1) is 0 Å². The van der Waals surface area contributed by atoms with Crippen LogP contribution in [0.4, 0.5) is 0 Å². The molecule has 0 nitrogen and oxygen atoms in total. The molecule has 0 aromatic carbocycles. The fourth-order valence-corrected chi connectivity index (χ4v) is 1.13. The van der Waals surface area contributed by atoms with Gasteiger partial charge in [0.1, 0.15) is 0 Å². The van der Waals surface area contributed by atoms with Gasteiger partial charge >= 0.3 is 0 Å². The van der Waals surface area contributed by atoms with E-state index in [0.717, 1.165) is 6.42 Å². The molecule has 0 unspecified atom stereocenters. The first-order valence-corrected chi connectivity index (χ1v) is 4.53. The molecule has 0 heteroatoms. The summed E-state index contributed by atoms with van der Waals surface area (Å²) in [6.45, 7) is 9.72. The zero-order valence-corrected chi connectivity index (χ0v) is 8.30. The lowest BCUT2D eigenvalue weighted by atomic mass is 10.1. The maximum atomic E-state index is 3.66. The van der Waals surface area contributed by atoms with Crippen LogP contribution in [0.5, 0.6) is 0 Å². The second-order valence-corrected chi connectivity index (χ2v) is 2.28. The van der Waals surface area contributed by atoms with Gasteiger partial charge < -0.3 is 0 Å². The third-order valence-corrected chi connectivity index (χ3v) is 1.64. The summed E-state index contributed by atoms with van der Waals surface area (Å²) in [4.78, 5) is 0. The van der Waals surface area contributed by atoms with Gasteiger partial charge in [-0.2, -0.15) is 0 Å². The van der Waals surface area contributed by atoms with Crippen molar-refractivity contribution in [3.8, 4) is 0 Å². The summed E-state index contributed by atoms with van der Waals surface area (Å²) < 4.78 is 0. The fraction of sp³-hybridized carbons (Fsp3) is 0.333. The lowest BCUT2D eigenvalue weighted by Gasteiger charge is -1.95. The summed E-state index contributed by atoms with van der Waals surface area (Å²) >= 11 is 0. The summed E-state index contributed by atoms with van der Waals surface area (Å²) in [5.74, 6) is 0. The minimum absolute atomic E-state index is 1.06. The van der Waals surface area contributed by atoms with Gasteiger partial charge in [0.15, 0.2) is 0 Å². The van der Waals surface area contributed by atoms with Crippen molar-refractivity contribution in [3.05, 3.63) is 48.1 Å².